The van der Waals surface area contributed by atoms with Gasteiger partial charge in [-0.05, 0) is 57.5 Å². The third-order valence-electron chi connectivity index (χ3n) is 4.73. The molecular formula is C18H28N4. The van der Waals surface area contributed by atoms with E-state index in [1.165, 1.54) is 64.6 Å². The Morgan fingerprint density at radius 1 is 0.909 bits per heavy atom. The van der Waals surface area contributed by atoms with Crippen molar-refractivity contribution in [3.8, 4) is 0 Å². The first-order valence-electron chi connectivity index (χ1n) is 8.78. The maximum absolute atomic E-state index is 5.97. The number of nitrogens with zero attached hydrogens (tertiary/aromatic N) is 3. The summed E-state index contributed by atoms with van der Waals surface area (Å²) < 4.78 is 2.06. The highest BCUT2D eigenvalue weighted by Gasteiger charge is 2.09. The van der Waals surface area contributed by atoms with Crippen molar-refractivity contribution in [1.82, 2.24) is 14.7 Å². The number of fused-ring (bicyclic) bond motifs is 1. The lowest BCUT2D eigenvalue weighted by molar-refractivity contribution is 0.224. The van der Waals surface area contributed by atoms with Gasteiger partial charge < -0.3 is 10.6 Å². The van der Waals surface area contributed by atoms with Crippen molar-refractivity contribution in [1.29, 1.82) is 0 Å². The summed E-state index contributed by atoms with van der Waals surface area (Å²) in [5, 5.41) is 5.54. The van der Waals surface area contributed by atoms with Crippen molar-refractivity contribution in [2.45, 2.75) is 51.5 Å². The number of piperidine rings is 1. The van der Waals surface area contributed by atoms with Crippen molar-refractivity contribution in [2.24, 2.45) is 0 Å². The number of anilines is 1. The number of benzene rings is 1. The van der Waals surface area contributed by atoms with Gasteiger partial charge in [-0.25, -0.2) is 0 Å². The van der Waals surface area contributed by atoms with Crippen LogP contribution >= 0.6 is 0 Å². The van der Waals surface area contributed by atoms with Gasteiger partial charge in [-0.3, -0.25) is 4.68 Å². The van der Waals surface area contributed by atoms with Gasteiger partial charge in [0.1, 0.15) is 0 Å². The van der Waals surface area contributed by atoms with E-state index in [-0.39, 0.29) is 0 Å². The number of rotatable bonds is 7. The van der Waals surface area contributed by atoms with E-state index in [2.05, 4.69) is 26.8 Å². The van der Waals surface area contributed by atoms with Crippen LogP contribution in [0.3, 0.4) is 0 Å². The maximum Gasteiger partial charge on any atom is 0.153 e. The molecule has 2 N–H and O–H groups in total. The number of aryl methyl sites for hydroxylation is 1. The van der Waals surface area contributed by atoms with E-state index in [9.17, 15) is 0 Å². The summed E-state index contributed by atoms with van der Waals surface area (Å²) in [7, 11) is 0. The van der Waals surface area contributed by atoms with E-state index >= 15 is 0 Å². The average molecular weight is 300 g/mol. The highest BCUT2D eigenvalue weighted by Crippen LogP contribution is 2.20. The van der Waals surface area contributed by atoms with Crippen molar-refractivity contribution >= 4 is 16.7 Å². The minimum absolute atomic E-state index is 0.653. The summed E-state index contributed by atoms with van der Waals surface area (Å²) in [6.07, 6.45) is 9.35. The summed E-state index contributed by atoms with van der Waals surface area (Å²) in [6.45, 7) is 4.90. The predicted octanol–water partition coefficient (Wildman–Crippen LogP) is 3.66. The Labute approximate surface area is 133 Å². The fraction of sp³-hybridized carbons (Fsp3) is 0.611. The molecule has 1 aromatic heterocycles. The van der Waals surface area contributed by atoms with E-state index in [0.717, 1.165) is 17.4 Å². The molecule has 2 aromatic rings. The van der Waals surface area contributed by atoms with Crippen molar-refractivity contribution in [2.75, 3.05) is 25.4 Å². The van der Waals surface area contributed by atoms with E-state index < -0.39 is 0 Å². The smallest absolute Gasteiger partial charge is 0.153 e. The molecule has 0 spiro atoms. The van der Waals surface area contributed by atoms with Crippen LogP contribution in [0.1, 0.15) is 44.9 Å². The van der Waals surface area contributed by atoms with Crippen LogP contribution in [0.15, 0.2) is 24.3 Å². The summed E-state index contributed by atoms with van der Waals surface area (Å²) in [4.78, 5) is 2.63. The number of nitrogen functional groups attached to an aromatic ring is 1. The highest BCUT2D eigenvalue weighted by atomic mass is 15.3. The zero-order chi connectivity index (χ0) is 15.2. The van der Waals surface area contributed by atoms with Crippen LogP contribution in [0, 0.1) is 0 Å². The van der Waals surface area contributed by atoms with Crippen molar-refractivity contribution < 1.29 is 0 Å². The molecule has 3 rings (SSSR count). The predicted molar refractivity (Wildman–Crippen MR) is 92.9 cm³/mol. The van der Waals surface area contributed by atoms with E-state index in [4.69, 9.17) is 5.73 Å². The molecule has 4 heteroatoms. The molecule has 120 valence electrons. The normalized spacial score (nSPS) is 16.4. The first-order valence-corrected chi connectivity index (χ1v) is 8.78. The molecule has 1 saturated heterocycles. The summed E-state index contributed by atoms with van der Waals surface area (Å²) in [5.41, 5.74) is 7.13. The molecule has 0 aliphatic carbocycles. The zero-order valence-corrected chi connectivity index (χ0v) is 13.5. The number of para-hydroxylation sites is 1. The Morgan fingerprint density at radius 2 is 1.64 bits per heavy atom. The van der Waals surface area contributed by atoms with Gasteiger partial charge in [0, 0.05) is 11.9 Å². The molecule has 0 atom stereocenters. The summed E-state index contributed by atoms with van der Waals surface area (Å²) in [6, 6.07) is 8.23. The van der Waals surface area contributed by atoms with Crippen LogP contribution in [-0.4, -0.2) is 34.3 Å². The second-order valence-electron chi connectivity index (χ2n) is 6.44. The van der Waals surface area contributed by atoms with Crippen molar-refractivity contribution in [3.05, 3.63) is 24.3 Å². The van der Waals surface area contributed by atoms with Gasteiger partial charge in [0.25, 0.3) is 0 Å². The van der Waals surface area contributed by atoms with E-state index in [1.54, 1.807) is 0 Å². The number of likely N-dealkylation sites (tertiary alicyclic amines) is 1. The molecule has 1 fully saturated rings. The van der Waals surface area contributed by atoms with E-state index in [0.29, 0.717) is 5.82 Å². The van der Waals surface area contributed by atoms with Crippen LogP contribution in [0.25, 0.3) is 10.9 Å². The topological polar surface area (TPSA) is 47.1 Å². The minimum atomic E-state index is 0.653. The van der Waals surface area contributed by atoms with Crippen LogP contribution in [0.4, 0.5) is 5.82 Å². The SMILES string of the molecule is Nc1nn(CCCCCCN2CCCCC2)c2ccccc12. The fourth-order valence-corrected chi connectivity index (χ4v) is 3.46. The molecule has 0 bridgehead atoms. The third kappa shape index (κ3) is 3.80. The largest absolute Gasteiger partial charge is 0.382 e. The van der Waals surface area contributed by atoms with Crippen molar-refractivity contribution in [3.63, 3.8) is 0 Å². The Kier molecular flexibility index (Phi) is 5.33. The van der Waals surface area contributed by atoms with Gasteiger partial charge in [-0.1, -0.05) is 31.4 Å². The fourth-order valence-electron chi connectivity index (χ4n) is 3.46. The highest BCUT2D eigenvalue weighted by molar-refractivity contribution is 5.88. The van der Waals surface area contributed by atoms with Crippen LogP contribution in [0.2, 0.25) is 0 Å². The quantitative estimate of drug-likeness (QED) is 0.794. The molecule has 0 radical (unpaired) electrons. The lowest BCUT2D eigenvalue weighted by Gasteiger charge is -2.26. The number of nitrogens with two attached hydrogens (primary N) is 1. The number of hydrogen-bond acceptors (Lipinski definition) is 3. The molecule has 2 heterocycles. The van der Waals surface area contributed by atoms with Gasteiger partial charge >= 0.3 is 0 Å². The minimum Gasteiger partial charge on any atom is -0.382 e. The lowest BCUT2D eigenvalue weighted by Crippen LogP contribution is -2.30. The lowest BCUT2D eigenvalue weighted by atomic mass is 10.1. The van der Waals surface area contributed by atoms with Gasteiger partial charge in [0.15, 0.2) is 5.82 Å². The zero-order valence-electron chi connectivity index (χ0n) is 13.5. The van der Waals surface area contributed by atoms with Gasteiger partial charge in [-0.15, -0.1) is 0 Å². The molecule has 22 heavy (non-hydrogen) atoms. The van der Waals surface area contributed by atoms with Crippen LogP contribution < -0.4 is 5.73 Å². The second kappa shape index (κ2) is 7.63. The number of unbranched alkanes of at least 4 members (excludes halogenated alkanes) is 3. The maximum atomic E-state index is 5.97. The Balaban J connectivity index is 1.37. The molecule has 0 amide bonds. The molecule has 4 nitrogen and oxygen atoms in total. The average Bonchev–Trinajstić information content (AvgIpc) is 2.88. The van der Waals surface area contributed by atoms with Gasteiger partial charge in [0.2, 0.25) is 0 Å². The van der Waals surface area contributed by atoms with Crippen LogP contribution in [0.5, 0.6) is 0 Å². The first-order chi connectivity index (χ1) is 10.8. The third-order valence-corrected chi connectivity index (χ3v) is 4.73. The molecule has 1 aliphatic heterocycles. The van der Waals surface area contributed by atoms with Crippen LogP contribution in [-0.2, 0) is 6.54 Å². The Morgan fingerprint density at radius 3 is 2.45 bits per heavy atom. The molecule has 1 aromatic carbocycles. The number of aromatic nitrogens is 2. The standard InChI is InChI=1S/C18H28N4/c19-18-16-10-4-5-11-17(16)22(20-18)15-9-2-1-6-12-21-13-7-3-8-14-21/h4-5,10-11H,1-3,6-9,12-15H2,(H2,19,20). The summed E-state index contributed by atoms with van der Waals surface area (Å²) >= 11 is 0. The van der Waals surface area contributed by atoms with Gasteiger partial charge in [-0.2, -0.15) is 5.10 Å². The molecule has 0 saturated carbocycles. The summed E-state index contributed by atoms with van der Waals surface area (Å²) in [5.74, 6) is 0.653. The molecule has 0 unspecified atom stereocenters. The Bertz CT molecular complexity index is 584. The second-order valence-corrected chi connectivity index (χ2v) is 6.44. The van der Waals surface area contributed by atoms with E-state index in [1.807, 2.05) is 12.1 Å². The van der Waals surface area contributed by atoms with Gasteiger partial charge in [0.05, 0.1) is 5.52 Å². The number of hydrogen-bond donors (Lipinski definition) is 1. The molecular weight excluding hydrogens is 272 g/mol. The Hall–Kier alpha value is -1.55. The first kappa shape index (κ1) is 15.3. The molecule has 1 aliphatic rings. The monoisotopic (exact) mass is 300 g/mol.